The van der Waals surface area contributed by atoms with Crippen molar-refractivity contribution in [1.29, 1.82) is 0 Å². The van der Waals surface area contributed by atoms with Gasteiger partial charge in [-0.15, -0.1) is 11.8 Å². The van der Waals surface area contributed by atoms with E-state index in [0.29, 0.717) is 12.5 Å². The number of fused-ring (bicyclic) bond motifs is 1. The van der Waals surface area contributed by atoms with Gasteiger partial charge in [0.05, 0.1) is 11.6 Å². The Bertz CT molecular complexity index is 649. The van der Waals surface area contributed by atoms with Crippen LogP contribution >= 0.6 is 11.8 Å². The first-order chi connectivity index (χ1) is 8.83. The Morgan fingerprint density at radius 2 is 2.06 bits per heavy atom. The standard InChI is InChI=1S/C13H11N3OS/c17-12-6-7-14-13-15-11(8-16(12)13)18-9-10-4-2-1-3-5-10/h1-7H,8-9H2. The van der Waals surface area contributed by atoms with Crippen LogP contribution < -0.4 is 5.56 Å². The van der Waals surface area contributed by atoms with Gasteiger partial charge in [-0.25, -0.2) is 9.98 Å². The predicted octanol–water partition coefficient (Wildman–Crippen LogP) is 2.22. The highest BCUT2D eigenvalue weighted by molar-refractivity contribution is 8.13. The molecule has 0 saturated carbocycles. The third-order valence-electron chi connectivity index (χ3n) is 2.68. The zero-order valence-electron chi connectivity index (χ0n) is 9.61. The lowest BCUT2D eigenvalue weighted by Crippen LogP contribution is -2.18. The van der Waals surface area contributed by atoms with Crippen molar-refractivity contribution in [3.05, 3.63) is 58.5 Å². The lowest BCUT2D eigenvalue weighted by Gasteiger charge is -2.01. The maximum Gasteiger partial charge on any atom is 0.255 e. The van der Waals surface area contributed by atoms with Gasteiger partial charge in [0.25, 0.3) is 5.56 Å². The molecule has 2 aromatic rings. The fourth-order valence-electron chi connectivity index (χ4n) is 1.76. The van der Waals surface area contributed by atoms with Crippen molar-refractivity contribution in [2.45, 2.75) is 12.3 Å². The fraction of sp³-hybridized carbons (Fsp3) is 0.154. The van der Waals surface area contributed by atoms with Crippen LogP contribution in [0.15, 0.2) is 52.4 Å². The third kappa shape index (κ3) is 2.22. The predicted molar refractivity (Wildman–Crippen MR) is 73.3 cm³/mol. The molecule has 1 aromatic heterocycles. The SMILES string of the molecule is O=c1ccnc2n1CC(SCc1ccccc1)=N2. The Balaban J connectivity index is 1.71. The summed E-state index contributed by atoms with van der Waals surface area (Å²) in [6, 6.07) is 11.7. The summed E-state index contributed by atoms with van der Waals surface area (Å²) in [4.78, 5) is 20.0. The zero-order chi connectivity index (χ0) is 12.4. The van der Waals surface area contributed by atoms with Crippen LogP contribution in [0.1, 0.15) is 5.56 Å². The molecule has 0 aliphatic carbocycles. The van der Waals surface area contributed by atoms with Crippen molar-refractivity contribution in [2.24, 2.45) is 4.99 Å². The van der Waals surface area contributed by atoms with E-state index >= 15 is 0 Å². The Kier molecular flexibility index (Phi) is 2.98. The van der Waals surface area contributed by atoms with E-state index in [2.05, 4.69) is 22.1 Å². The molecule has 1 aliphatic heterocycles. The molecular weight excluding hydrogens is 246 g/mol. The Labute approximate surface area is 108 Å². The molecule has 0 bridgehead atoms. The first kappa shape index (κ1) is 11.2. The molecule has 4 nitrogen and oxygen atoms in total. The van der Waals surface area contributed by atoms with Crippen LogP contribution in [-0.2, 0) is 12.3 Å². The smallest absolute Gasteiger partial charge is 0.255 e. The van der Waals surface area contributed by atoms with Crippen LogP contribution in [0.25, 0.3) is 0 Å². The number of aromatic nitrogens is 2. The first-order valence-corrected chi connectivity index (χ1v) is 6.61. The topological polar surface area (TPSA) is 47.2 Å². The molecule has 0 unspecified atom stereocenters. The summed E-state index contributed by atoms with van der Waals surface area (Å²) in [6.07, 6.45) is 1.50. The number of hydrogen-bond donors (Lipinski definition) is 0. The Morgan fingerprint density at radius 1 is 1.22 bits per heavy atom. The average molecular weight is 257 g/mol. The minimum absolute atomic E-state index is 0.0425. The molecule has 0 N–H and O–H groups in total. The summed E-state index contributed by atoms with van der Waals surface area (Å²) in [5, 5.41) is 0.939. The molecule has 90 valence electrons. The highest BCUT2D eigenvalue weighted by Gasteiger charge is 2.16. The highest BCUT2D eigenvalue weighted by Crippen LogP contribution is 2.22. The molecule has 18 heavy (non-hydrogen) atoms. The second-order valence-corrected chi connectivity index (χ2v) is 5.00. The van der Waals surface area contributed by atoms with Crippen LogP contribution in [0.2, 0.25) is 0 Å². The lowest BCUT2D eigenvalue weighted by molar-refractivity contribution is 0.819. The number of benzene rings is 1. The monoisotopic (exact) mass is 257 g/mol. The number of nitrogens with zero attached hydrogens (tertiary/aromatic N) is 3. The van der Waals surface area contributed by atoms with E-state index < -0.39 is 0 Å². The summed E-state index contributed by atoms with van der Waals surface area (Å²) in [7, 11) is 0. The number of aliphatic imine (C=N–C) groups is 1. The summed E-state index contributed by atoms with van der Waals surface area (Å²) < 4.78 is 1.59. The molecule has 0 atom stereocenters. The van der Waals surface area contributed by atoms with Crippen LogP contribution in [0.5, 0.6) is 0 Å². The van der Waals surface area contributed by atoms with E-state index in [4.69, 9.17) is 0 Å². The van der Waals surface area contributed by atoms with Gasteiger partial charge in [0, 0.05) is 18.0 Å². The van der Waals surface area contributed by atoms with Crippen LogP contribution in [0, 0.1) is 0 Å². The van der Waals surface area contributed by atoms with Crippen molar-refractivity contribution in [3.63, 3.8) is 0 Å². The molecule has 0 spiro atoms. The second kappa shape index (κ2) is 4.78. The Hall–Kier alpha value is -1.88. The van der Waals surface area contributed by atoms with E-state index in [1.54, 1.807) is 16.3 Å². The zero-order valence-corrected chi connectivity index (χ0v) is 10.4. The van der Waals surface area contributed by atoms with Gasteiger partial charge < -0.3 is 0 Å². The van der Waals surface area contributed by atoms with Gasteiger partial charge in [0.2, 0.25) is 5.95 Å². The second-order valence-electron chi connectivity index (χ2n) is 3.95. The molecule has 0 saturated heterocycles. The molecule has 0 fully saturated rings. The third-order valence-corrected chi connectivity index (χ3v) is 3.71. The van der Waals surface area contributed by atoms with Gasteiger partial charge in [0.15, 0.2) is 0 Å². The van der Waals surface area contributed by atoms with Crippen molar-refractivity contribution < 1.29 is 0 Å². The van der Waals surface area contributed by atoms with Gasteiger partial charge in [-0.2, -0.15) is 0 Å². The number of hydrogen-bond acceptors (Lipinski definition) is 4. The van der Waals surface area contributed by atoms with Gasteiger partial charge in [-0.3, -0.25) is 9.36 Å². The van der Waals surface area contributed by atoms with E-state index in [9.17, 15) is 4.79 Å². The van der Waals surface area contributed by atoms with Crippen molar-refractivity contribution in [2.75, 3.05) is 0 Å². The molecule has 0 radical (unpaired) electrons. The molecule has 1 aliphatic rings. The van der Waals surface area contributed by atoms with E-state index in [0.717, 1.165) is 10.8 Å². The minimum Gasteiger partial charge on any atom is -0.270 e. The summed E-state index contributed by atoms with van der Waals surface area (Å²) in [5.41, 5.74) is 1.21. The molecular formula is C13H11N3OS. The number of rotatable bonds is 2. The van der Waals surface area contributed by atoms with Crippen LogP contribution in [-0.4, -0.2) is 14.6 Å². The molecule has 2 heterocycles. The van der Waals surface area contributed by atoms with Gasteiger partial charge in [-0.05, 0) is 5.56 Å². The van der Waals surface area contributed by atoms with Gasteiger partial charge in [0.1, 0.15) is 0 Å². The highest BCUT2D eigenvalue weighted by atomic mass is 32.2. The van der Waals surface area contributed by atoms with Gasteiger partial charge >= 0.3 is 0 Å². The van der Waals surface area contributed by atoms with Crippen LogP contribution in [0.4, 0.5) is 5.95 Å². The maximum atomic E-state index is 11.6. The fourth-order valence-corrected chi connectivity index (χ4v) is 2.66. The number of thioether (sulfide) groups is 1. The Morgan fingerprint density at radius 3 is 2.83 bits per heavy atom. The van der Waals surface area contributed by atoms with Gasteiger partial charge in [-0.1, -0.05) is 30.3 Å². The molecule has 0 amide bonds. The van der Waals surface area contributed by atoms with E-state index in [1.807, 2.05) is 18.2 Å². The first-order valence-electron chi connectivity index (χ1n) is 5.63. The average Bonchev–Trinajstić information content (AvgIpc) is 2.82. The van der Waals surface area contributed by atoms with Crippen molar-refractivity contribution >= 4 is 22.8 Å². The summed E-state index contributed by atoms with van der Waals surface area (Å²) >= 11 is 1.65. The van der Waals surface area contributed by atoms with Crippen molar-refractivity contribution in [1.82, 2.24) is 9.55 Å². The van der Waals surface area contributed by atoms with E-state index in [1.165, 1.54) is 17.8 Å². The van der Waals surface area contributed by atoms with E-state index in [-0.39, 0.29) is 5.56 Å². The molecule has 1 aromatic carbocycles. The largest absolute Gasteiger partial charge is 0.270 e. The maximum absolute atomic E-state index is 11.6. The molecule has 5 heteroatoms. The van der Waals surface area contributed by atoms with Crippen molar-refractivity contribution in [3.8, 4) is 0 Å². The van der Waals surface area contributed by atoms with Crippen LogP contribution in [0.3, 0.4) is 0 Å². The summed E-state index contributed by atoms with van der Waals surface area (Å²) in [5.74, 6) is 1.38. The molecule has 3 rings (SSSR count). The normalized spacial score (nSPS) is 13.2. The summed E-state index contributed by atoms with van der Waals surface area (Å²) in [6.45, 7) is 0.541. The lowest BCUT2D eigenvalue weighted by atomic mass is 10.2. The minimum atomic E-state index is -0.0425. The quantitative estimate of drug-likeness (QED) is 0.828.